The molecule has 1 aromatic carbocycles. The Bertz CT molecular complexity index is 335. The van der Waals surface area contributed by atoms with Gasteiger partial charge >= 0.3 is 0 Å². The molecule has 0 fully saturated rings. The Hall–Kier alpha value is -1.11. The van der Waals surface area contributed by atoms with Gasteiger partial charge in [-0.1, -0.05) is 50.0 Å². The predicted molar refractivity (Wildman–Crippen MR) is 65.8 cm³/mol. The molecule has 2 nitrogen and oxygen atoms in total. The van der Waals surface area contributed by atoms with Gasteiger partial charge in [0.1, 0.15) is 8.24 Å². The lowest BCUT2D eigenvalue weighted by molar-refractivity contribution is 0.465. The van der Waals surface area contributed by atoms with Crippen LogP contribution in [0.4, 0.5) is 0 Å². The molecule has 0 bridgehead atoms. The molecule has 0 spiro atoms. The van der Waals surface area contributed by atoms with Gasteiger partial charge in [0.2, 0.25) is 0 Å². The van der Waals surface area contributed by atoms with E-state index in [0.717, 1.165) is 6.54 Å². The second-order valence-corrected chi connectivity index (χ2v) is 9.64. The zero-order valence-corrected chi connectivity index (χ0v) is 10.7. The highest BCUT2D eigenvalue weighted by atomic mass is 28.3. The minimum absolute atomic E-state index is 0.532. The smallest absolute Gasteiger partial charge is 0.120 e. The Morgan fingerprint density at radius 3 is 2.27 bits per heavy atom. The zero-order chi connectivity index (χ0) is 11.3. The van der Waals surface area contributed by atoms with Crippen LogP contribution in [0.1, 0.15) is 5.56 Å². The van der Waals surface area contributed by atoms with Crippen LogP contribution in [0.15, 0.2) is 30.3 Å². The third-order valence-corrected chi connectivity index (χ3v) is 4.64. The first-order chi connectivity index (χ1) is 7.04. The van der Waals surface area contributed by atoms with E-state index in [2.05, 4.69) is 42.4 Å². The molecule has 0 aliphatic carbocycles. The number of hydrogen-bond acceptors (Lipinski definition) is 2. The fourth-order valence-electron chi connectivity index (χ4n) is 1.42. The van der Waals surface area contributed by atoms with Crippen molar-refractivity contribution in [1.82, 2.24) is 4.57 Å². The van der Waals surface area contributed by atoms with E-state index in [1.807, 2.05) is 18.2 Å². The molecule has 15 heavy (non-hydrogen) atoms. The molecule has 80 valence electrons. The standard InChI is InChI=1S/C12H18N2Si/c1-15(2,3)14(10-9-13)11-12-7-5-4-6-8-12/h4-8H,10-11H2,1-3H3. The second-order valence-electron chi connectivity index (χ2n) is 4.67. The number of benzene rings is 1. The minimum Gasteiger partial charge on any atom is -0.308 e. The molecule has 0 aliphatic heterocycles. The van der Waals surface area contributed by atoms with Gasteiger partial charge in [-0.05, 0) is 5.56 Å². The maximum atomic E-state index is 8.81. The first kappa shape index (κ1) is 12.0. The number of nitrogens with zero attached hydrogens (tertiary/aromatic N) is 2. The maximum absolute atomic E-state index is 8.81. The molecule has 0 unspecified atom stereocenters. The molecule has 3 heteroatoms. The van der Waals surface area contributed by atoms with Crippen molar-refractivity contribution in [2.24, 2.45) is 0 Å². The number of nitriles is 1. The van der Waals surface area contributed by atoms with Gasteiger partial charge in [-0.15, -0.1) is 0 Å². The van der Waals surface area contributed by atoms with Crippen LogP contribution in [-0.4, -0.2) is 19.3 Å². The highest BCUT2D eigenvalue weighted by Gasteiger charge is 2.23. The summed E-state index contributed by atoms with van der Waals surface area (Å²) in [6.07, 6.45) is 0. The SMILES string of the molecule is C[Si](C)(C)N(CC#N)Cc1ccccc1. The van der Waals surface area contributed by atoms with E-state index >= 15 is 0 Å². The highest BCUT2D eigenvalue weighted by Crippen LogP contribution is 2.13. The Balaban J connectivity index is 2.73. The summed E-state index contributed by atoms with van der Waals surface area (Å²) in [6, 6.07) is 12.6. The van der Waals surface area contributed by atoms with E-state index in [0.29, 0.717) is 6.54 Å². The Morgan fingerprint density at radius 1 is 1.20 bits per heavy atom. The van der Waals surface area contributed by atoms with Crippen molar-refractivity contribution in [3.05, 3.63) is 35.9 Å². The van der Waals surface area contributed by atoms with Crippen LogP contribution in [0.3, 0.4) is 0 Å². The second kappa shape index (κ2) is 5.10. The van der Waals surface area contributed by atoms with Gasteiger partial charge in [0.25, 0.3) is 0 Å². The molecule has 0 saturated carbocycles. The molecule has 0 radical (unpaired) electrons. The van der Waals surface area contributed by atoms with Crippen molar-refractivity contribution in [1.29, 1.82) is 5.26 Å². The molecule has 0 amide bonds. The fourth-order valence-corrected chi connectivity index (χ4v) is 2.62. The quantitative estimate of drug-likeness (QED) is 0.574. The monoisotopic (exact) mass is 218 g/mol. The topological polar surface area (TPSA) is 27.0 Å². The van der Waals surface area contributed by atoms with Crippen LogP contribution in [0.2, 0.25) is 19.6 Å². The maximum Gasteiger partial charge on any atom is 0.120 e. The summed E-state index contributed by atoms with van der Waals surface area (Å²) >= 11 is 0. The average Bonchev–Trinajstić information content (AvgIpc) is 2.17. The lowest BCUT2D eigenvalue weighted by Gasteiger charge is -2.31. The van der Waals surface area contributed by atoms with E-state index in [-0.39, 0.29) is 0 Å². The van der Waals surface area contributed by atoms with Crippen LogP contribution < -0.4 is 0 Å². The molecule has 0 heterocycles. The Morgan fingerprint density at radius 2 is 1.80 bits per heavy atom. The van der Waals surface area contributed by atoms with E-state index in [1.165, 1.54) is 5.56 Å². The van der Waals surface area contributed by atoms with Gasteiger partial charge in [0.15, 0.2) is 0 Å². The third kappa shape index (κ3) is 3.86. The average molecular weight is 218 g/mol. The van der Waals surface area contributed by atoms with Crippen molar-refractivity contribution in [2.75, 3.05) is 6.54 Å². The number of rotatable bonds is 4. The predicted octanol–water partition coefficient (Wildman–Crippen LogP) is 2.85. The Labute approximate surface area is 93.2 Å². The molecule has 1 aromatic rings. The van der Waals surface area contributed by atoms with E-state index in [4.69, 9.17) is 5.26 Å². The molecule has 0 saturated heterocycles. The van der Waals surface area contributed by atoms with Crippen LogP contribution >= 0.6 is 0 Å². The van der Waals surface area contributed by atoms with Gasteiger partial charge in [-0.2, -0.15) is 5.26 Å². The van der Waals surface area contributed by atoms with Gasteiger partial charge in [0, 0.05) is 6.54 Å². The van der Waals surface area contributed by atoms with Crippen LogP contribution in [0.5, 0.6) is 0 Å². The van der Waals surface area contributed by atoms with Crippen LogP contribution in [0, 0.1) is 11.3 Å². The molecular weight excluding hydrogens is 200 g/mol. The molecule has 0 aliphatic rings. The van der Waals surface area contributed by atoms with E-state index in [1.54, 1.807) is 0 Å². The highest BCUT2D eigenvalue weighted by molar-refractivity contribution is 6.73. The van der Waals surface area contributed by atoms with E-state index < -0.39 is 8.24 Å². The summed E-state index contributed by atoms with van der Waals surface area (Å²) in [6.45, 7) is 8.24. The van der Waals surface area contributed by atoms with Crippen LogP contribution in [0.25, 0.3) is 0 Å². The summed E-state index contributed by atoms with van der Waals surface area (Å²) in [5.74, 6) is 0. The first-order valence-electron chi connectivity index (χ1n) is 5.20. The summed E-state index contributed by atoms with van der Waals surface area (Å²) in [7, 11) is -1.38. The molecule has 0 N–H and O–H groups in total. The van der Waals surface area contributed by atoms with Crippen molar-refractivity contribution in [2.45, 2.75) is 26.2 Å². The summed E-state index contributed by atoms with van der Waals surface area (Å²) in [4.78, 5) is 0. The normalized spacial score (nSPS) is 11.4. The summed E-state index contributed by atoms with van der Waals surface area (Å²) < 4.78 is 2.31. The lowest BCUT2D eigenvalue weighted by atomic mass is 10.2. The van der Waals surface area contributed by atoms with Gasteiger partial charge in [-0.25, -0.2) is 0 Å². The van der Waals surface area contributed by atoms with E-state index in [9.17, 15) is 0 Å². The molecule has 0 aromatic heterocycles. The molecule has 0 atom stereocenters. The van der Waals surface area contributed by atoms with Gasteiger partial charge in [0.05, 0.1) is 12.6 Å². The zero-order valence-electron chi connectivity index (χ0n) is 9.70. The minimum atomic E-state index is -1.38. The summed E-state index contributed by atoms with van der Waals surface area (Å²) in [5, 5.41) is 8.81. The fraction of sp³-hybridized carbons (Fsp3) is 0.417. The van der Waals surface area contributed by atoms with Crippen LogP contribution in [-0.2, 0) is 6.54 Å². The van der Waals surface area contributed by atoms with Crippen molar-refractivity contribution >= 4 is 8.24 Å². The summed E-state index contributed by atoms with van der Waals surface area (Å²) in [5.41, 5.74) is 1.29. The molecule has 1 rings (SSSR count). The van der Waals surface area contributed by atoms with Crippen molar-refractivity contribution in [3.63, 3.8) is 0 Å². The first-order valence-corrected chi connectivity index (χ1v) is 8.64. The Kier molecular flexibility index (Phi) is 4.07. The molecular formula is C12H18N2Si. The van der Waals surface area contributed by atoms with Crippen molar-refractivity contribution in [3.8, 4) is 6.07 Å². The van der Waals surface area contributed by atoms with Gasteiger partial charge < -0.3 is 4.57 Å². The third-order valence-electron chi connectivity index (χ3n) is 2.43. The lowest BCUT2D eigenvalue weighted by Crippen LogP contribution is -2.45. The number of hydrogen-bond donors (Lipinski definition) is 0. The largest absolute Gasteiger partial charge is 0.308 e. The van der Waals surface area contributed by atoms with Crippen molar-refractivity contribution < 1.29 is 0 Å². The van der Waals surface area contributed by atoms with Gasteiger partial charge in [-0.3, -0.25) is 0 Å².